The predicted molar refractivity (Wildman–Crippen MR) is 82.3 cm³/mol. The van der Waals surface area contributed by atoms with E-state index in [1.807, 2.05) is 36.4 Å². The normalized spacial score (nSPS) is 10.9. The Balaban J connectivity index is 2.53. The lowest BCUT2D eigenvalue weighted by molar-refractivity contribution is 0.638. The highest BCUT2D eigenvalue weighted by Crippen LogP contribution is 2.35. The molecule has 2 rings (SSSR count). The van der Waals surface area contributed by atoms with Gasteiger partial charge in [0, 0.05) is 0 Å². The minimum atomic E-state index is -0.536. The van der Waals surface area contributed by atoms with Crippen molar-refractivity contribution in [1.82, 2.24) is 0 Å². The number of thioether (sulfide) groups is 1. The van der Waals surface area contributed by atoms with Crippen molar-refractivity contribution in [2.45, 2.75) is 11.8 Å². The summed E-state index contributed by atoms with van der Waals surface area (Å²) < 4.78 is 0. The van der Waals surface area contributed by atoms with E-state index in [-0.39, 0.29) is 0 Å². The van der Waals surface area contributed by atoms with Gasteiger partial charge in [-0.25, -0.2) is 0 Å². The van der Waals surface area contributed by atoms with Crippen LogP contribution in [0, 0.1) is 11.3 Å². The quantitative estimate of drug-likeness (QED) is 0.808. The zero-order valence-electron chi connectivity index (χ0n) is 11.0. The van der Waals surface area contributed by atoms with Crippen molar-refractivity contribution >= 4 is 11.8 Å². The van der Waals surface area contributed by atoms with Crippen LogP contribution in [0.4, 0.5) is 0 Å². The first-order chi connectivity index (χ1) is 9.33. The first kappa shape index (κ1) is 13.7. The Kier molecular flexibility index (Phi) is 4.65. The third-order valence-corrected chi connectivity index (χ3v) is 4.02. The second-order valence-corrected chi connectivity index (χ2v) is 5.48. The molecule has 1 nitrogen and oxygen atoms in total. The van der Waals surface area contributed by atoms with E-state index >= 15 is 0 Å². The van der Waals surface area contributed by atoms with E-state index in [9.17, 15) is 5.26 Å². The van der Waals surface area contributed by atoms with Crippen molar-refractivity contribution in [1.29, 1.82) is 5.26 Å². The van der Waals surface area contributed by atoms with E-state index < -0.39 is 5.41 Å². The summed E-state index contributed by atoms with van der Waals surface area (Å²) in [6.07, 6.45) is 2.91. The van der Waals surface area contributed by atoms with Crippen molar-refractivity contribution < 1.29 is 0 Å². The average Bonchev–Trinajstić information content (AvgIpc) is 2.51. The van der Waals surface area contributed by atoms with Crippen LogP contribution in [0.3, 0.4) is 0 Å². The Bertz CT molecular complexity index is 503. The van der Waals surface area contributed by atoms with Crippen LogP contribution in [0.1, 0.15) is 17.5 Å². The lowest BCUT2D eigenvalue weighted by atomic mass is 9.74. The third-order valence-electron chi connectivity index (χ3n) is 3.41. The second kappa shape index (κ2) is 6.45. The van der Waals surface area contributed by atoms with Gasteiger partial charge in [-0.1, -0.05) is 60.7 Å². The van der Waals surface area contributed by atoms with Gasteiger partial charge in [0.25, 0.3) is 0 Å². The Morgan fingerprint density at radius 1 is 0.947 bits per heavy atom. The molecule has 0 amide bonds. The molecule has 0 saturated heterocycles. The van der Waals surface area contributed by atoms with Gasteiger partial charge in [-0.3, -0.25) is 0 Å². The van der Waals surface area contributed by atoms with Crippen molar-refractivity contribution in [2.75, 3.05) is 12.0 Å². The van der Waals surface area contributed by atoms with Crippen molar-refractivity contribution in [3.8, 4) is 6.07 Å². The molecule has 0 fully saturated rings. The molecule has 0 aliphatic rings. The SMILES string of the molecule is CSCCC(C#N)(c1ccccc1)c1ccccc1. The van der Waals surface area contributed by atoms with Gasteiger partial charge >= 0.3 is 0 Å². The summed E-state index contributed by atoms with van der Waals surface area (Å²) in [6.45, 7) is 0. The Morgan fingerprint density at radius 2 is 1.42 bits per heavy atom. The van der Waals surface area contributed by atoms with Gasteiger partial charge in [0.05, 0.1) is 6.07 Å². The molecule has 0 aromatic heterocycles. The highest BCUT2D eigenvalue weighted by atomic mass is 32.2. The molecular weight excluding hydrogens is 250 g/mol. The van der Waals surface area contributed by atoms with Crippen LogP contribution in [0.5, 0.6) is 0 Å². The maximum Gasteiger partial charge on any atom is 0.108 e. The second-order valence-electron chi connectivity index (χ2n) is 4.49. The molecule has 0 radical (unpaired) electrons. The molecule has 96 valence electrons. The number of rotatable bonds is 5. The molecule has 0 heterocycles. The average molecular weight is 267 g/mol. The van der Waals surface area contributed by atoms with Crippen molar-refractivity contribution in [2.24, 2.45) is 0 Å². The van der Waals surface area contributed by atoms with E-state index in [0.717, 1.165) is 23.3 Å². The van der Waals surface area contributed by atoms with Crippen LogP contribution in [-0.4, -0.2) is 12.0 Å². The summed E-state index contributed by atoms with van der Waals surface area (Å²) in [5.41, 5.74) is 1.63. The molecule has 0 atom stereocenters. The molecule has 0 unspecified atom stereocenters. The van der Waals surface area contributed by atoms with E-state index in [2.05, 4.69) is 36.6 Å². The zero-order valence-corrected chi connectivity index (χ0v) is 11.9. The lowest BCUT2D eigenvalue weighted by Gasteiger charge is -2.27. The summed E-state index contributed by atoms with van der Waals surface area (Å²) in [7, 11) is 0. The molecule has 0 saturated carbocycles. The maximum atomic E-state index is 9.85. The summed E-state index contributed by atoms with van der Waals surface area (Å²) in [5.74, 6) is 0.970. The molecule has 2 aromatic carbocycles. The monoisotopic (exact) mass is 267 g/mol. The molecule has 0 spiro atoms. The molecule has 2 heteroatoms. The number of nitriles is 1. The van der Waals surface area contributed by atoms with Gasteiger partial charge in [0.1, 0.15) is 5.41 Å². The van der Waals surface area contributed by atoms with Gasteiger partial charge in [-0.2, -0.15) is 17.0 Å². The van der Waals surface area contributed by atoms with E-state index in [1.165, 1.54) is 0 Å². The van der Waals surface area contributed by atoms with E-state index in [4.69, 9.17) is 0 Å². The highest BCUT2D eigenvalue weighted by molar-refractivity contribution is 7.98. The van der Waals surface area contributed by atoms with E-state index in [0.29, 0.717) is 0 Å². The van der Waals surface area contributed by atoms with Crippen LogP contribution in [-0.2, 0) is 5.41 Å². The number of hydrogen-bond donors (Lipinski definition) is 0. The number of benzene rings is 2. The highest BCUT2D eigenvalue weighted by Gasteiger charge is 2.33. The molecule has 0 N–H and O–H groups in total. The summed E-state index contributed by atoms with van der Waals surface area (Å²) in [4.78, 5) is 0. The largest absolute Gasteiger partial charge is 0.197 e. The molecule has 2 aromatic rings. The predicted octanol–water partition coefficient (Wildman–Crippen LogP) is 4.25. The Morgan fingerprint density at radius 3 is 1.79 bits per heavy atom. The first-order valence-electron chi connectivity index (χ1n) is 6.35. The van der Waals surface area contributed by atoms with Crippen molar-refractivity contribution in [3.63, 3.8) is 0 Å². The zero-order chi connectivity index (χ0) is 13.6. The van der Waals surface area contributed by atoms with Gasteiger partial charge in [0.15, 0.2) is 0 Å². The fraction of sp³-hybridized carbons (Fsp3) is 0.235. The number of nitrogens with zero attached hydrogens (tertiary/aromatic N) is 1. The maximum absolute atomic E-state index is 9.85. The van der Waals surface area contributed by atoms with Crippen molar-refractivity contribution in [3.05, 3.63) is 71.8 Å². The fourth-order valence-electron chi connectivity index (χ4n) is 2.34. The van der Waals surface area contributed by atoms with Crippen LogP contribution in [0.2, 0.25) is 0 Å². The molecule has 0 aliphatic heterocycles. The van der Waals surface area contributed by atoms with Crippen LogP contribution in [0.15, 0.2) is 60.7 Å². The number of hydrogen-bond acceptors (Lipinski definition) is 2. The Hall–Kier alpha value is -1.72. The summed E-state index contributed by atoms with van der Waals surface area (Å²) >= 11 is 1.78. The van der Waals surface area contributed by atoms with Crippen LogP contribution in [0.25, 0.3) is 0 Å². The minimum Gasteiger partial charge on any atom is -0.197 e. The first-order valence-corrected chi connectivity index (χ1v) is 7.74. The van der Waals surface area contributed by atoms with Crippen LogP contribution < -0.4 is 0 Å². The minimum absolute atomic E-state index is 0.536. The molecule has 0 bridgehead atoms. The topological polar surface area (TPSA) is 23.8 Å². The standard InChI is InChI=1S/C17H17NS/c1-19-13-12-17(14-18,15-8-4-2-5-9-15)16-10-6-3-7-11-16/h2-11H,12-13H2,1H3. The molecule has 19 heavy (non-hydrogen) atoms. The molecule has 0 aliphatic carbocycles. The van der Waals surface area contributed by atoms with Crippen LogP contribution >= 0.6 is 11.8 Å². The van der Waals surface area contributed by atoms with Gasteiger partial charge in [-0.05, 0) is 29.6 Å². The van der Waals surface area contributed by atoms with E-state index in [1.54, 1.807) is 11.8 Å². The summed E-state index contributed by atoms with van der Waals surface area (Å²) in [5, 5.41) is 9.85. The lowest BCUT2D eigenvalue weighted by Crippen LogP contribution is -2.26. The Labute approximate surface area is 119 Å². The third kappa shape index (κ3) is 2.83. The van der Waals surface area contributed by atoms with Gasteiger partial charge < -0.3 is 0 Å². The smallest absolute Gasteiger partial charge is 0.108 e. The van der Waals surface area contributed by atoms with Gasteiger partial charge in [-0.15, -0.1) is 0 Å². The summed E-state index contributed by atoms with van der Waals surface area (Å²) in [6, 6.07) is 22.8. The fourth-order valence-corrected chi connectivity index (χ4v) is 2.85. The molecular formula is C17H17NS. The van der Waals surface area contributed by atoms with Gasteiger partial charge in [0.2, 0.25) is 0 Å².